The monoisotopic (exact) mass is 329 g/mol. The van der Waals surface area contributed by atoms with Crippen LogP contribution < -0.4 is 0 Å². The number of aliphatic hydroxyl groups excluding tert-OH is 1. The van der Waals surface area contributed by atoms with Gasteiger partial charge in [0, 0.05) is 18.2 Å². The summed E-state index contributed by atoms with van der Waals surface area (Å²) < 4.78 is 5.34. The van der Waals surface area contributed by atoms with Gasteiger partial charge in [-0.05, 0) is 44.6 Å². The molecule has 0 spiro atoms. The van der Waals surface area contributed by atoms with Gasteiger partial charge < -0.3 is 14.5 Å². The van der Waals surface area contributed by atoms with Crippen molar-refractivity contribution < 1.29 is 14.4 Å². The average Bonchev–Trinajstić information content (AvgIpc) is 3.37. The number of aliphatic hydroxyl groups is 1. The number of rotatable bonds is 3. The molecular formula is C18H23N3O3. The molecule has 128 valence electrons. The minimum absolute atomic E-state index is 0.000760. The maximum absolute atomic E-state index is 13.3. The summed E-state index contributed by atoms with van der Waals surface area (Å²) in [7, 11) is 0. The van der Waals surface area contributed by atoms with Crippen LogP contribution in [0.15, 0.2) is 10.6 Å². The maximum Gasteiger partial charge on any atom is 0.259 e. The van der Waals surface area contributed by atoms with Crippen LogP contribution in [0.2, 0.25) is 0 Å². The molecule has 2 aliphatic rings. The fourth-order valence-corrected chi connectivity index (χ4v) is 3.81. The molecule has 2 aromatic rings. The van der Waals surface area contributed by atoms with Crippen LogP contribution in [0.1, 0.15) is 60.3 Å². The summed E-state index contributed by atoms with van der Waals surface area (Å²) in [4.78, 5) is 19.7. The van der Waals surface area contributed by atoms with Crippen molar-refractivity contribution in [2.24, 2.45) is 5.92 Å². The van der Waals surface area contributed by atoms with E-state index in [1.807, 2.05) is 17.9 Å². The highest BCUT2D eigenvalue weighted by molar-refractivity contribution is 6.06. The molecule has 1 aliphatic carbocycles. The van der Waals surface area contributed by atoms with Gasteiger partial charge in [-0.3, -0.25) is 4.79 Å². The van der Waals surface area contributed by atoms with Crippen LogP contribution in [0.5, 0.6) is 0 Å². The van der Waals surface area contributed by atoms with Crippen molar-refractivity contribution in [2.45, 2.75) is 51.5 Å². The summed E-state index contributed by atoms with van der Waals surface area (Å²) in [5.41, 5.74) is 2.68. The van der Waals surface area contributed by atoms with Crippen LogP contribution in [-0.4, -0.2) is 45.2 Å². The number of aromatic nitrogens is 2. The van der Waals surface area contributed by atoms with Crippen molar-refractivity contribution in [3.63, 3.8) is 0 Å². The minimum Gasteiger partial charge on any atom is -0.394 e. The normalized spacial score (nSPS) is 24.5. The smallest absolute Gasteiger partial charge is 0.259 e. The van der Waals surface area contributed by atoms with Crippen molar-refractivity contribution in [1.82, 2.24) is 15.0 Å². The van der Waals surface area contributed by atoms with E-state index in [0.717, 1.165) is 31.4 Å². The largest absolute Gasteiger partial charge is 0.394 e. The van der Waals surface area contributed by atoms with Crippen LogP contribution >= 0.6 is 0 Å². The molecule has 6 heteroatoms. The fraction of sp³-hybridized carbons (Fsp3) is 0.611. The molecule has 6 nitrogen and oxygen atoms in total. The number of nitrogens with zero attached hydrogens (tertiary/aromatic N) is 3. The number of amides is 1. The van der Waals surface area contributed by atoms with Crippen LogP contribution in [0.3, 0.4) is 0 Å². The summed E-state index contributed by atoms with van der Waals surface area (Å²) in [6.45, 7) is 4.62. The Kier molecular flexibility index (Phi) is 3.79. The van der Waals surface area contributed by atoms with Crippen molar-refractivity contribution >= 4 is 17.0 Å². The summed E-state index contributed by atoms with van der Waals surface area (Å²) in [6, 6.07) is 1.79. The number of likely N-dealkylation sites (tertiary alicyclic amines) is 1. The second kappa shape index (κ2) is 5.84. The lowest BCUT2D eigenvalue weighted by Gasteiger charge is -2.39. The first kappa shape index (κ1) is 15.6. The van der Waals surface area contributed by atoms with E-state index in [2.05, 4.69) is 17.1 Å². The highest BCUT2D eigenvalue weighted by Gasteiger charge is 2.35. The van der Waals surface area contributed by atoms with Gasteiger partial charge in [-0.2, -0.15) is 0 Å². The van der Waals surface area contributed by atoms with Gasteiger partial charge in [-0.1, -0.05) is 12.1 Å². The molecule has 1 saturated carbocycles. The average molecular weight is 329 g/mol. The Balaban J connectivity index is 1.79. The number of fused-ring (bicyclic) bond motifs is 1. The quantitative estimate of drug-likeness (QED) is 0.936. The maximum atomic E-state index is 13.3. The van der Waals surface area contributed by atoms with E-state index in [9.17, 15) is 9.90 Å². The molecule has 2 atom stereocenters. The van der Waals surface area contributed by atoms with Gasteiger partial charge >= 0.3 is 0 Å². The van der Waals surface area contributed by atoms with Crippen molar-refractivity contribution in [3.05, 3.63) is 23.0 Å². The van der Waals surface area contributed by atoms with E-state index >= 15 is 0 Å². The van der Waals surface area contributed by atoms with E-state index in [4.69, 9.17) is 4.52 Å². The lowest BCUT2D eigenvalue weighted by Crippen LogP contribution is -2.49. The lowest BCUT2D eigenvalue weighted by molar-refractivity contribution is 0.0360. The molecule has 1 saturated heterocycles. The van der Waals surface area contributed by atoms with E-state index in [1.165, 1.54) is 0 Å². The Labute approximate surface area is 140 Å². The van der Waals surface area contributed by atoms with E-state index in [0.29, 0.717) is 40.7 Å². The molecule has 2 fully saturated rings. The van der Waals surface area contributed by atoms with Crippen LogP contribution in [0, 0.1) is 12.8 Å². The summed E-state index contributed by atoms with van der Waals surface area (Å²) in [5.74, 6) is 0.693. The number of pyridine rings is 1. The van der Waals surface area contributed by atoms with Crippen molar-refractivity contribution in [1.29, 1.82) is 0 Å². The highest BCUT2D eigenvalue weighted by atomic mass is 16.5. The number of aryl methyl sites for hydroxylation is 1. The second-order valence-electron chi connectivity index (χ2n) is 7.19. The summed E-state index contributed by atoms with van der Waals surface area (Å²) in [6.07, 6.45) is 4.23. The molecule has 24 heavy (non-hydrogen) atoms. The number of carbonyl (C=O) groups excluding carboxylic acids is 1. The first-order valence-corrected chi connectivity index (χ1v) is 8.79. The van der Waals surface area contributed by atoms with E-state index in [1.54, 1.807) is 0 Å². The van der Waals surface area contributed by atoms with Gasteiger partial charge in [0.05, 0.1) is 29.3 Å². The second-order valence-corrected chi connectivity index (χ2v) is 7.19. The Morgan fingerprint density at radius 2 is 2.21 bits per heavy atom. The third-order valence-electron chi connectivity index (χ3n) is 5.43. The zero-order chi connectivity index (χ0) is 16.8. The van der Waals surface area contributed by atoms with Gasteiger partial charge in [0.25, 0.3) is 11.6 Å². The van der Waals surface area contributed by atoms with Crippen LogP contribution in [0.25, 0.3) is 11.1 Å². The van der Waals surface area contributed by atoms with Gasteiger partial charge in [0.15, 0.2) is 0 Å². The number of hydrogen-bond donors (Lipinski definition) is 1. The number of piperidine rings is 1. The predicted octanol–water partition coefficient (Wildman–Crippen LogP) is 2.64. The third kappa shape index (κ3) is 2.49. The topological polar surface area (TPSA) is 79.5 Å². The minimum atomic E-state index is -0.126. The molecule has 2 aromatic heterocycles. The Morgan fingerprint density at radius 3 is 2.92 bits per heavy atom. The molecule has 2 unspecified atom stereocenters. The molecule has 4 rings (SSSR count). The molecular weight excluding hydrogens is 306 g/mol. The van der Waals surface area contributed by atoms with Crippen LogP contribution in [0.4, 0.5) is 0 Å². The highest BCUT2D eigenvalue weighted by Crippen LogP contribution is 2.41. The molecule has 1 aliphatic heterocycles. The summed E-state index contributed by atoms with van der Waals surface area (Å²) in [5, 5.41) is 14.5. The number of hydrogen-bond acceptors (Lipinski definition) is 5. The Bertz CT molecular complexity index is 781. The first-order valence-electron chi connectivity index (χ1n) is 8.79. The molecule has 0 aromatic carbocycles. The van der Waals surface area contributed by atoms with Crippen molar-refractivity contribution in [2.75, 3.05) is 13.2 Å². The summed E-state index contributed by atoms with van der Waals surface area (Å²) >= 11 is 0. The molecule has 3 heterocycles. The zero-order valence-electron chi connectivity index (χ0n) is 14.2. The molecule has 1 amide bonds. The Hall–Kier alpha value is -1.95. The predicted molar refractivity (Wildman–Crippen MR) is 88.8 cm³/mol. The molecule has 1 N–H and O–H groups in total. The van der Waals surface area contributed by atoms with Crippen molar-refractivity contribution in [3.8, 4) is 0 Å². The Morgan fingerprint density at radius 1 is 1.42 bits per heavy atom. The van der Waals surface area contributed by atoms with E-state index in [-0.39, 0.29) is 18.6 Å². The van der Waals surface area contributed by atoms with Crippen LogP contribution in [-0.2, 0) is 0 Å². The molecule has 0 bridgehead atoms. The first-order chi connectivity index (χ1) is 11.6. The van der Waals surface area contributed by atoms with Gasteiger partial charge in [-0.25, -0.2) is 4.98 Å². The fourth-order valence-electron chi connectivity index (χ4n) is 3.81. The van der Waals surface area contributed by atoms with Gasteiger partial charge in [0.2, 0.25) is 0 Å². The van der Waals surface area contributed by atoms with E-state index < -0.39 is 0 Å². The van der Waals surface area contributed by atoms with Gasteiger partial charge in [0.1, 0.15) is 0 Å². The number of carbonyl (C=O) groups is 1. The zero-order valence-corrected chi connectivity index (χ0v) is 14.2. The standard InChI is InChI=1S/C18H23N3O3/c1-10-4-3-7-21(15(10)9-22)18(23)13-8-14(12-5-6-12)19-17-16(13)11(2)20-24-17/h8,10,12,15,22H,3-7,9H2,1-2H3. The SMILES string of the molecule is Cc1noc2nc(C3CC3)cc(C(=O)N3CCCC(C)C3CO)c12. The van der Waals surface area contributed by atoms with Gasteiger partial charge in [-0.15, -0.1) is 0 Å². The third-order valence-corrected chi connectivity index (χ3v) is 5.43. The molecule has 0 radical (unpaired) electrons. The lowest BCUT2D eigenvalue weighted by atomic mass is 9.90.